The Morgan fingerprint density at radius 3 is 2.50 bits per heavy atom. The van der Waals surface area contributed by atoms with Gasteiger partial charge in [-0.05, 0) is 6.92 Å². The highest BCUT2D eigenvalue weighted by Crippen LogP contribution is 2.20. The summed E-state index contributed by atoms with van der Waals surface area (Å²) in [6.45, 7) is 1.26. The van der Waals surface area contributed by atoms with Crippen molar-refractivity contribution in [3.8, 4) is 0 Å². The molecule has 0 fully saturated rings. The van der Waals surface area contributed by atoms with E-state index in [1.807, 2.05) is 5.32 Å². The van der Waals surface area contributed by atoms with Crippen molar-refractivity contribution in [3.05, 3.63) is 15.6 Å². The van der Waals surface area contributed by atoms with Crippen LogP contribution in [0.15, 0.2) is 0 Å². The molecule has 0 aliphatic rings. The number of hydrogen-bond donors (Lipinski definition) is 2. The first-order valence-corrected chi connectivity index (χ1v) is 5.53. The minimum Gasteiger partial charge on any atom is -0.477 e. The average Bonchev–Trinajstić information content (AvgIpc) is 2.54. The van der Waals surface area contributed by atoms with Gasteiger partial charge in [-0.2, -0.15) is 13.2 Å². The number of carboxylic acids is 1. The molecule has 1 aromatic heterocycles. The molecule has 1 aromatic rings. The molecule has 0 aliphatic heterocycles. The van der Waals surface area contributed by atoms with Crippen LogP contribution >= 0.6 is 11.3 Å². The molecule has 0 aliphatic carbocycles. The number of nitrogens with one attached hydrogen (secondary N) is 1. The predicted octanol–water partition coefficient (Wildman–Crippen LogP) is 1.72. The van der Waals surface area contributed by atoms with E-state index in [1.54, 1.807) is 0 Å². The summed E-state index contributed by atoms with van der Waals surface area (Å²) in [5.74, 6) is -2.33. The van der Waals surface area contributed by atoms with Gasteiger partial charge in [0, 0.05) is 0 Å². The summed E-state index contributed by atoms with van der Waals surface area (Å²) in [4.78, 5) is 25.4. The lowest BCUT2D eigenvalue weighted by molar-refractivity contribution is -0.153. The van der Waals surface area contributed by atoms with E-state index in [-0.39, 0.29) is 22.1 Å². The smallest absolute Gasteiger partial charge is 0.397 e. The zero-order valence-electron chi connectivity index (χ0n) is 9.17. The highest BCUT2D eigenvalue weighted by atomic mass is 32.1. The number of carbonyl (C=O) groups is 2. The highest BCUT2D eigenvalue weighted by molar-refractivity contribution is 7.13. The van der Waals surface area contributed by atoms with E-state index in [1.165, 1.54) is 6.92 Å². The number of halogens is 3. The molecule has 1 rings (SSSR count). The van der Waals surface area contributed by atoms with Crippen LogP contribution in [0.2, 0.25) is 0 Å². The van der Waals surface area contributed by atoms with E-state index in [4.69, 9.17) is 5.11 Å². The Morgan fingerprint density at radius 1 is 1.44 bits per heavy atom. The molecule has 0 saturated heterocycles. The maximum Gasteiger partial charge on any atom is 0.397 e. The quantitative estimate of drug-likeness (QED) is 0.881. The molecular formula is C9H9F3N2O3S. The van der Waals surface area contributed by atoms with Crippen LogP contribution < -0.4 is 5.32 Å². The van der Waals surface area contributed by atoms with Gasteiger partial charge in [0.15, 0.2) is 0 Å². The minimum atomic E-state index is -4.56. The zero-order valence-corrected chi connectivity index (χ0v) is 9.98. The number of hydrogen-bond acceptors (Lipinski definition) is 4. The van der Waals surface area contributed by atoms with Crippen molar-refractivity contribution in [2.24, 2.45) is 0 Å². The average molecular weight is 282 g/mol. The summed E-state index contributed by atoms with van der Waals surface area (Å²) in [5, 5.41) is 11.0. The molecule has 18 heavy (non-hydrogen) atoms. The van der Waals surface area contributed by atoms with Gasteiger partial charge in [0.2, 0.25) is 5.91 Å². The van der Waals surface area contributed by atoms with Crippen LogP contribution in [-0.2, 0) is 11.3 Å². The van der Waals surface area contributed by atoms with Gasteiger partial charge in [0.25, 0.3) is 0 Å². The van der Waals surface area contributed by atoms with E-state index in [0.717, 1.165) is 11.3 Å². The SMILES string of the molecule is Cc1nc(CNC(=O)CC(F)(F)F)sc1C(=O)O. The van der Waals surface area contributed by atoms with Crippen LogP contribution in [0.5, 0.6) is 0 Å². The minimum absolute atomic E-state index is 0.00932. The lowest BCUT2D eigenvalue weighted by Gasteiger charge is -2.05. The van der Waals surface area contributed by atoms with E-state index in [2.05, 4.69) is 4.98 Å². The lowest BCUT2D eigenvalue weighted by Crippen LogP contribution is -2.28. The molecule has 0 unspecified atom stereocenters. The third-order valence-electron chi connectivity index (χ3n) is 1.83. The lowest BCUT2D eigenvalue weighted by atomic mass is 10.4. The number of carbonyl (C=O) groups excluding carboxylic acids is 1. The summed E-state index contributed by atoms with van der Waals surface area (Å²) < 4.78 is 35.6. The second-order valence-electron chi connectivity index (χ2n) is 3.40. The van der Waals surface area contributed by atoms with Gasteiger partial charge in [-0.15, -0.1) is 11.3 Å². The molecule has 0 saturated carbocycles. The molecule has 0 spiro atoms. The number of alkyl halides is 3. The Hall–Kier alpha value is -1.64. The van der Waals surface area contributed by atoms with Crippen molar-refractivity contribution in [3.63, 3.8) is 0 Å². The first-order chi connectivity index (χ1) is 8.19. The van der Waals surface area contributed by atoms with Crippen LogP contribution in [0.3, 0.4) is 0 Å². The number of aromatic carboxylic acids is 1. The Bertz CT molecular complexity index is 470. The number of amides is 1. The van der Waals surface area contributed by atoms with E-state index < -0.39 is 24.5 Å². The molecule has 0 radical (unpaired) electrons. The summed E-state index contributed by atoms with van der Waals surface area (Å²) >= 11 is 0.821. The van der Waals surface area contributed by atoms with Gasteiger partial charge < -0.3 is 10.4 Å². The molecule has 5 nitrogen and oxygen atoms in total. The molecular weight excluding hydrogens is 273 g/mol. The van der Waals surface area contributed by atoms with Crippen molar-refractivity contribution in [2.75, 3.05) is 0 Å². The zero-order chi connectivity index (χ0) is 13.9. The molecule has 100 valence electrons. The fourth-order valence-corrected chi connectivity index (χ4v) is 1.99. The summed E-state index contributed by atoms with van der Waals surface area (Å²) in [6, 6.07) is 0. The first-order valence-electron chi connectivity index (χ1n) is 4.72. The first kappa shape index (κ1) is 14.4. The highest BCUT2D eigenvalue weighted by Gasteiger charge is 2.31. The predicted molar refractivity (Wildman–Crippen MR) is 56.3 cm³/mol. The van der Waals surface area contributed by atoms with Crippen LogP contribution in [0.1, 0.15) is 26.8 Å². The maximum atomic E-state index is 11.9. The summed E-state index contributed by atoms with van der Waals surface area (Å²) in [5.41, 5.74) is 0.271. The van der Waals surface area contributed by atoms with E-state index in [0.29, 0.717) is 0 Å². The van der Waals surface area contributed by atoms with Crippen molar-refractivity contribution < 1.29 is 27.9 Å². The standard InChI is InChI=1S/C9H9F3N2O3S/c1-4-7(8(16)17)18-6(14-4)3-13-5(15)2-9(10,11)12/h2-3H2,1H3,(H,13,15)(H,16,17). The third kappa shape index (κ3) is 4.32. The Morgan fingerprint density at radius 2 is 2.06 bits per heavy atom. The summed E-state index contributed by atoms with van der Waals surface area (Å²) in [6.07, 6.45) is -6.13. The van der Waals surface area contributed by atoms with Gasteiger partial charge >= 0.3 is 12.1 Å². The second-order valence-corrected chi connectivity index (χ2v) is 4.48. The number of aryl methyl sites for hydroxylation is 1. The van der Waals surface area contributed by atoms with Crippen LogP contribution in [0.4, 0.5) is 13.2 Å². The molecule has 1 amide bonds. The molecule has 0 aromatic carbocycles. The third-order valence-corrected chi connectivity index (χ3v) is 2.98. The topological polar surface area (TPSA) is 79.3 Å². The van der Waals surface area contributed by atoms with Crippen LogP contribution in [0, 0.1) is 6.92 Å². The van der Waals surface area contributed by atoms with Gasteiger partial charge in [0.1, 0.15) is 16.3 Å². The van der Waals surface area contributed by atoms with Gasteiger partial charge in [-0.3, -0.25) is 4.79 Å². The number of thiazole rings is 1. The van der Waals surface area contributed by atoms with E-state index >= 15 is 0 Å². The van der Waals surface area contributed by atoms with Crippen molar-refractivity contribution >= 4 is 23.2 Å². The number of rotatable bonds is 4. The monoisotopic (exact) mass is 282 g/mol. The van der Waals surface area contributed by atoms with Crippen LogP contribution in [-0.4, -0.2) is 28.1 Å². The Kier molecular flexibility index (Phi) is 4.28. The molecule has 9 heteroatoms. The van der Waals surface area contributed by atoms with Gasteiger partial charge in [-0.1, -0.05) is 0 Å². The van der Waals surface area contributed by atoms with Crippen LogP contribution in [0.25, 0.3) is 0 Å². The van der Waals surface area contributed by atoms with Gasteiger partial charge in [0.05, 0.1) is 12.2 Å². The molecule has 0 bridgehead atoms. The van der Waals surface area contributed by atoms with E-state index in [9.17, 15) is 22.8 Å². The van der Waals surface area contributed by atoms with Gasteiger partial charge in [-0.25, -0.2) is 9.78 Å². The van der Waals surface area contributed by atoms with Crippen molar-refractivity contribution in [1.29, 1.82) is 0 Å². The molecule has 0 atom stereocenters. The Labute approximate surface area is 104 Å². The number of nitrogens with zero attached hydrogens (tertiary/aromatic N) is 1. The second kappa shape index (κ2) is 5.34. The maximum absolute atomic E-state index is 11.9. The normalized spacial score (nSPS) is 11.3. The summed E-state index contributed by atoms with van der Waals surface area (Å²) in [7, 11) is 0. The fourth-order valence-electron chi connectivity index (χ4n) is 1.15. The fraction of sp³-hybridized carbons (Fsp3) is 0.444. The van der Waals surface area contributed by atoms with Crippen molar-refractivity contribution in [2.45, 2.75) is 26.1 Å². The molecule has 2 N–H and O–H groups in total. The largest absolute Gasteiger partial charge is 0.477 e. The Balaban J connectivity index is 2.57. The molecule has 1 heterocycles. The number of aromatic nitrogens is 1. The van der Waals surface area contributed by atoms with Crippen molar-refractivity contribution in [1.82, 2.24) is 10.3 Å². The number of carboxylic acid groups (broad SMARTS) is 1.